The van der Waals surface area contributed by atoms with Crippen LogP contribution in [0.25, 0.3) is 0 Å². The minimum Gasteiger partial charge on any atom is -0.496 e. The summed E-state index contributed by atoms with van der Waals surface area (Å²) in [4.78, 5) is 0. The third-order valence-electron chi connectivity index (χ3n) is 2.65. The fourth-order valence-corrected chi connectivity index (χ4v) is 1.66. The topological polar surface area (TPSA) is 35.2 Å². The molecule has 0 heterocycles. The van der Waals surface area contributed by atoms with Crippen LogP contribution in [0.3, 0.4) is 0 Å². The predicted octanol–water partition coefficient (Wildman–Crippen LogP) is 3.27. The number of ether oxygens (including phenoxy) is 1. The van der Waals surface area contributed by atoms with Gasteiger partial charge in [-0.05, 0) is 24.8 Å². The zero-order valence-electron chi connectivity index (χ0n) is 10.2. The Hall–Kier alpha value is -1.09. The van der Waals surface area contributed by atoms with Crippen LogP contribution in [0.15, 0.2) is 18.2 Å². The average Bonchev–Trinajstić information content (AvgIpc) is 2.25. The molecular weight excluding hydrogens is 205 g/mol. The molecule has 3 heteroatoms. The van der Waals surface area contributed by atoms with Crippen molar-refractivity contribution in [2.45, 2.75) is 32.7 Å². The van der Waals surface area contributed by atoms with Crippen molar-refractivity contribution in [2.24, 2.45) is 11.7 Å². The highest BCUT2D eigenvalue weighted by molar-refractivity contribution is 5.36. The van der Waals surface area contributed by atoms with Crippen LogP contribution in [0.5, 0.6) is 5.75 Å². The van der Waals surface area contributed by atoms with E-state index < -0.39 is 0 Å². The Balaban J connectivity index is 2.77. The Kier molecular flexibility index (Phi) is 4.74. The summed E-state index contributed by atoms with van der Waals surface area (Å²) in [7, 11) is 1.54. The number of methoxy groups -OCH3 is 1. The van der Waals surface area contributed by atoms with Crippen molar-refractivity contribution in [1.29, 1.82) is 0 Å². The van der Waals surface area contributed by atoms with E-state index in [4.69, 9.17) is 10.5 Å². The van der Waals surface area contributed by atoms with Gasteiger partial charge in [-0.2, -0.15) is 0 Å². The summed E-state index contributed by atoms with van der Waals surface area (Å²) in [6, 6.07) is 4.43. The van der Waals surface area contributed by atoms with Crippen molar-refractivity contribution in [1.82, 2.24) is 0 Å². The molecule has 0 unspecified atom stereocenters. The summed E-state index contributed by atoms with van der Waals surface area (Å²) in [5, 5.41) is 0. The normalized spacial score (nSPS) is 12.9. The van der Waals surface area contributed by atoms with Crippen LogP contribution >= 0.6 is 0 Å². The molecule has 0 amide bonds. The summed E-state index contributed by atoms with van der Waals surface area (Å²) in [6.45, 7) is 4.32. The zero-order valence-corrected chi connectivity index (χ0v) is 10.2. The molecule has 0 saturated carbocycles. The van der Waals surface area contributed by atoms with E-state index in [1.165, 1.54) is 19.2 Å². The van der Waals surface area contributed by atoms with Crippen LogP contribution in [-0.2, 0) is 0 Å². The maximum absolute atomic E-state index is 13.0. The monoisotopic (exact) mass is 225 g/mol. The third-order valence-corrected chi connectivity index (χ3v) is 2.65. The van der Waals surface area contributed by atoms with E-state index in [0.29, 0.717) is 11.7 Å². The summed E-state index contributed by atoms with van der Waals surface area (Å²) < 4.78 is 18.1. The number of benzene rings is 1. The first-order valence-electron chi connectivity index (χ1n) is 5.63. The molecule has 0 spiro atoms. The van der Waals surface area contributed by atoms with Gasteiger partial charge in [0.1, 0.15) is 11.6 Å². The molecule has 2 nitrogen and oxygen atoms in total. The van der Waals surface area contributed by atoms with Crippen molar-refractivity contribution in [2.75, 3.05) is 7.11 Å². The van der Waals surface area contributed by atoms with Gasteiger partial charge in [-0.25, -0.2) is 4.39 Å². The minimum atomic E-state index is -0.295. The molecule has 0 aromatic heterocycles. The molecule has 16 heavy (non-hydrogen) atoms. The molecule has 1 atom stereocenters. The number of nitrogens with two attached hydrogens (primary N) is 1. The van der Waals surface area contributed by atoms with Gasteiger partial charge < -0.3 is 10.5 Å². The third kappa shape index (κ3) is 3.49. The molecule has 1 rings (SSSR count). The Morgan fingerprint density at radius 3 is 2.56 bits per heavy atom. The van der Waals surface area contributed by atoms with Gasteiger partial charge in [-0.3, -0.25) is 0 Å². The van der Waals surface area contributed by atoms with Gasteiger partial charge in [0.25, 0.3) is 0 Å². The van der Waals surface area contributed by atoms with Gasteiger partial charge in [0.15, 0.2) is 0 Å². The van der Waals surface area contributed by atoms with Crippen LogP contribution in [0.2, 0.25) is 0 Å². The molecule has 0 bridgehead atoms. The zero-order chi connectivity index (χ0) is 12.1. The maximum Gasteiger partial charge on any atom is 0.126 e. The van der Waals surface area contributed by atoms with Crippen molar-refractivity contribution >= 4 is 0 Å². The van der Waals surface area contributed by atoms with Crippen molar-refractivity contribution in [3.63, 3.8) is 0 Å². The first-order chi connectivity index (χ1) is 7.54. The minimum absolute atomic E-state index is 0.0852. The first kappa shape index (κ1) is 13.0. The molecule has 0 aliphatic rings. The van der Waals surface area contributed by atoms with E-state index in [1.807, 2.05) is 0 Å². The molecule has 0 fully saturated rings. The average molecular weight is 225 g/mol. The Morgan fingerprint density at radius 1 is 1.31 bits per heavy atom. The summed E-state index contributed by atoms with van der Waals surface area (Å²) in [5.41, 5.74) is 6.95. The number of rotatable bonds is 5. The standard InChI is InChI=1S/C13H20FNO/c1-9(2)4-7-12(15)11-6-5-10(14)8-13(11)16-3/h5-6,8-9,12H,4,7,15H2,1-3H3/t12-/m1/s1. The van der Waals surface area contributed by atoms with E-state index in [-0.39, 0.29) is 11.9 Å². The highest BCUT2D eigenvalue weighted by atomic mass is 19.1. The molecule has 0 saturated heterocycles. The van der Waals surface area contributed by atoms with Gasteiger partial charge in [-0.15, -0.1) is 0 Å². The smallest absolute Gasteiger partial charge is 0.126 e. The van der Waals surface area contributed by atoms with E-state index >= 15 is 0 Å². The van der Waals surface area contributed by atoms with E-state index in [0.717, 1.165) is 18.4 Å². The van der Waals surface area contributed by atoms with Gasteiger partial charge in [0.2, 0.25) is 0 Å². The Labute approximate surface area is 96.6 Å². The summed E-state index contributed by atoms with van der Waals surface area (Å²) >= 11 is 0. The highest BCUT2D eigenvalue weighted by Crippen LogP contribution is 2.28. The lowest BCUT2D eigenvalue weighted by molar-refractivity contribution is 0.397. The van der Waals surface area contributed by atoms with Gasteiger partial charge in [-0.1, -0.05) is 19.9 Å². The molecule has 0 radical (unpaired) electrons. The maximum atomic E-state index is 13.0. The summed E-state index contributed by atoms with van der Waals surface area (Å²) in [5.74, 6) is 0.866. The predicted molar refractivity (Wildman–Crippen MR) is 64.0 cm³/mol. The molecule has 90 valence electrons. The second-order valence-corrected chi connectivity index (χ2v) is 4.46. The van der Waals surface area contributed by atoms with Crippen LogP contribution in [0.1, 0.15) is 38.3 Å². The molecule has 2 N–H and O–H groups in total. The van der Waals surface area contributed by atoms with Crippen molar-refractivity contribution in [3.8, 4) is 5.75 Å². The van der Waals surface area contributed by atoms with E-state index in [1.54, 1.807) is 6.07 Å². The Morgan fingerprint density at radius 2 is 2.00 bits per heavy atom. The first-order valence-corrected chi connectivity index (χ1v) is 5.63. The molecule has 1 aromatic carbocycles. The van der Waals surface area contributed by atoms with Gasteiger partial charge in [0, 0.05) is 17.7 Å². The quantitative estimate of drug-likeness (QED) is 0.834. The largest absolute Gasteiger partial charge is 0.496 e. The van der Waals surface area contributed by atoms with Crippen molar-refractivity contribution in [3.05, 3.63) is 29.6 Å². The lowest BCUT2D eigenvalue weighted by Gasteiger charge is -2.16. The number of hydrogen-bond donors (Lipinski definition) is 1. The number of hydrogen-bond acceptors (Lipinski definition) is 2. The fourth-order valence-electron chi connectivity index (χ4n) is 1.66. The SMILES string of the molecule is COc1cc(F)ccc1[C@H](N)CCC(C)C. The van der Waals surface area contributed by atoms with Crippen LogP contribution in [0.4, 0.5) is 4.39 Å². The molecule has 0 aliphatic heterocycles. The van der Waals surface area contributed by atoms with Crippen LogP contribution < -0.4 is 10.5 Å². The lowest BCUT2D eigenvalue weighted by atomic mass is 9.97. The summed E-state index contributed by atoms with van der Waals surface area (Å²) in [6.07, 6.45) is 1.95. The van der Waals surface area contributed by atoms with Crippen molar-refractivity contribution < 1.29 is 9.13 Å². The Bertz CT molecular complexity index is 339. The van der Waals surface area contributed by atoms with E-state index in [9.17, 15) is 4.39 Å². The molecule has 0 aliphatic carbocycles. The molecule has 1 aromatic rings. The van der Waals surface area contributed by atoms with E-state index in [2.05, 4.69) is 13.8 Å². The lowest BCUT2D eigenvalue weighted by Crippen LogP contribution is -2.12. The van der Waals surface area contributed by atoms with Gasteiger partial charge >= 0.3 is 0 Å². The van der Waals surface area contributed by atoms with Crippen LogP contribution in [-0.4, -0.2) is 7.11 Å². The molecular formula is C13H20FNO. The second-order valence-electron chi connectivity index (χ2n) is 4.46. The van der Waals surface area contributed by atoms with Gasteiger partial charge in [0.05, 0.1) is 7.11 Å². The fraction of sp³-hybridized carbons (Fsp3) is 0.538. The highest BCUT2D eigenvalue weighted by Gasteiger charge is 2.13. The van der Waals surface area contributed by atoms with Crippen LogP contribution in [0, 0.1) is 11.7 Å². The second kappa shape index (κ2) is 5.85. The number of halogens is 1.